The maximum atomic E-state index is 10.6. The summed E-state index contributed by atoms with van der Waals surface area (Å²) >= 11 is 0. The number of aromatic nitrogens is 2. The zero-order valence-corrected chi connectivity index (χ0v) is 11.2. The van der Waals surface area contributed by atoms with Crippen LogP contribution in [0.2, 0.25) is 0 Å². The van der Waals surface area contributed by atoms with Crippen molar-refractivity contribution in [3.63, 3.8) is 0 Å². The predicted molar refractivity (Wildman–Crippen MR) is 68.4 cm³/mol. The molecule has 1 aromatic rings. The molecule has 0 amide bonds. The van der Waals surface area contributed by atoms with Crippen LogP contribution < -0.4 is 4.74 Å². The van der Waals surface area contributed by atoms with E-state index in [1.54, 1.807) is 13.3 Å². The van der Waals surface area contributed by atoms with Gasteiger partial charge in [-0.2, -0.15) is 5.10 Å². The Kier molecular flexibility index (Phi) is 3.06. The van der Waals surface area contributed by atoms with Gasteiger partial charge in [0.15, 0.2) is 5.75 Å². The number of hydrogen-bond donors (Lipinski definition) is 1. The van der Waals surface area contributed by atoms with Crippen LogP contribution in [0.5, 0.6) is 5.75 Å². The van der Waals surface area contributed by atoms with Gasteiger partial charge >= 0.3 is 0 Å². The molecule has 3 rings (SSSR count). The molecule has 1 aromatic heterocycles. The van der Waals surface area contributed by atoms with Crippen molar-refractivity contribution in [1.82, 2.24) is 9.78 Å². The zero-order chi connectivity index (χ0) is 12.7. The number of rotatable bonds is 5. The van der Waals surface area contributed by atoms with Crippen molar-refractivity contribution in [2.45, 2.75) is 45.3 Å². The number of ether oxygens (including phenoxy) is 1. The van der Waals surface area contributed by atoms with Gasteiger partial charge in [0.2, 0.25) is 0 Å². The number of fused-ring (bicyclic) bond motifs is 1. The van der Waals surface area contributed by atoms with Gasteiger partial charge in [-0.3, -0.25) is 4.68 Å². The summed E-state index contributed by atoms with van der Waals surface area (Å²) in [7, 11) is 1.65. The minimum absolute atomic E-state index is 0.398. The van der Waals surface area contributed by atoms with Crippen LogP contribution in [-0.2, 0) is 6.54 Å². The first-order chi connectivity index (χ1) is 8.74. The highest BCUT2D eigenvalue weighted by molar-refractivity contribution is 5.28. The second-order valence-electron chi connectivity index (χ2n) is 5.75. The Morgan fingerprint density at radius 1 is 1.44 bits per heavy atom. The molecular weight excluding hydrogens is 228 g/mol. The molecule has 1 heterocycles. The van der Waals surface area contributed by atoms with E-state index in [1.165, 1.54) is 19.3 Å². The predicted octanol–water partition coefficient (Wildman–Crippen LogP) is 2.38. The summed E-state index contributed by atoms with van der Waals surface area (Å²) in [6.45, 7) is 2.96. The van der Waals surface area contributed by atoms with Gasteiger partial charge in [-0.1, -0.05) is 6.92 Å². The highest BCUT2D eigenvalue weighted by atomic mass is 16.5. The van der Waals surface area contributed by atoms with E-state index in [9.17, 15) is 5.11 Å². The van der Waals surface area contributed by atoms with Crippen molar-refractivity contribution in [2.75, 3.05) is 7.11 Å². The van der Waals surface area contributed by atoms with Gasteiger partial charge in [0.1, 0.15) is 11.8 Å². The third kappa shape index (κ3) is 1.92. The minimum atomic E-state index is -0.415. The quantitative estimate of drug-likeness (QED) is 0.872. The number of nitrogens with zero attached hydrogens (tertiary/aromatic N) is 2. The first-order valence-corrected chi connectivity index (χ1v) is 7.02. The summed E-state index contributed by atoms with van der Waals surface area (Å²) < 4.78 is 7.26. The van der Waals surface area contributed by atoms with E-state index in [4.69, 9.17) is 4.74 Å². The molecule has 4 nitrogen and oxygen atoms in total. The fourth-order valence-corrected chi connectivity index (χ4v) is 3.47. The summed E-state index contributed by atoms with van der Waals surface area (Å²) in [6, 6.07) is 0. The molecule has 3 unspecified atom stereocenters. The van der Waals surface area contributed by atoms with Crippen LogP contribution in [0.1, 0.15) is 44.4 Å². The molecule has 3 atom stereocenters. The van der Waals surface area contributed by atoms with Crippen LogP contribution in [0.25, 0.3) is 0 Å². The first kappa shape index (κ1) is 12.0. The summed E-state index contributed by atoms with van der Waals surface area (Å²) in [6.07, 6.45) is 6.05. The number of hydrogen-bond acceptors (Lipinski definition) is 3. The van der Waals surface area contributed by atoms with Crippen molar-refractivity contribution < 1.29 is 9.84 Å². The fourth-order valence-electron chi connectivity index (χ4n) is 3.47. The number of methoxy groups -OCH3 is 1. The van der Waals surface area contributed by atoms with Gasteiger partial charge < -0.3 is 9.84 Å². The SMILES string of the molecule is CCCn1ncc(OC)c1C(O)C1CC2CC2C1. The standard InChI is InChI=1S/C14H22N2O2/c1-3-4-16-13(12(18-2)8-15-16)14(17)11-6-9-5-10(9)7-11/h8-11,14,17H,3-7H2,1-2H3. The number of aryl methyl sites for hydroxylation is 1. The van der Waals surface area contributed by atoms with Crippen LogP contribution in [0.4, 0.5) is 0 Å². The van der Waals surface area contributed by atoms with Crippen LogP contribution >= 0.6 is 0 Å². The van der Waals surface area contributed by atoms with Crippen LogP contribution in [-0.4, -0.2) is 22.0 Å². The van der Waals surface area contributed by atoms with Crippen LogP contribution in [0.15, 0.2) is 6.20 Å². The topological polar surface area (TPSA) is 47.3 Å². The van der Waals surface area contributed by atoms with Gasteiger partial charge in [-0.05, 0) is 43.4 Å². The van der Waals surface area contributed by atoms with Crippen molar-refractivity contribution in [2.24, 2.45) is 17.8 Å². The van der Waals surface area contributed by atoms with E-state index in [-0.39, 0.29) is 0 Å². The van der Waals surface area contributed by atoms with Crippen molar-refractivity contribution in [3.8, 4) is 5.75 Å². The average molecular weight is 250 g/mol. The second-order valence-corrected chi connectivity index (χ2v) is 5.75. The summed E-state index contributed by atoms with van der Waals surface area (Å²) in [5, 5.41) is 15.0. The first-order valence-electron chi connectivity index (χ1n) is 7.02. The third-order valence-electron chi connectivity index (χ3n) is 4.51. The van der Waals surface area contributed by atoms with Gasteiger partial charge in [0, 0.05) is 6.54 Å². The second kappa shape index (κ2) is 4.57. The third-order valence-corrected chi connectivity index (χ3v) is 4.51. The number of aliphatic hydroxyl groups is 1. The lowest BCUT2D eigenvalue weighted by Crippen LogP contribution is -2.17. The highest BCUT2D eigenvalue weighted by Crippen LogP contribution is 2.57. The lowest BCUT2D eigenvalue weighted by atomic mass is 9.94. The lowest BCUT2D eigenvalue weighted by Gasteiger charge is -2.21. The molecule has 100 valence electrons. The molecule has 18 heavy (non-hydrogen) atoms. The molecule has 2 saturated carbocycles. The maximum absolute atomic E-state index is 10.6. The Morgan fingerprint density at radius 3 is 2.78 bits per heavy atom. The summed E-state index contributed by atoms with van der Waals surface area (Å²) in [5.74, 6) is 2.91. The van der Waals surface area contributed by atoms with E-state index in [0.29, 0.717) is 5.92 Å². The maximum Gasteiger partial charge on any atom is 0.162 e. The van der Waals surface area contributed by atoms with Crippen molar-refractivity contribution >= 4 is 0 Å². The molecule has 0 spiro atoms. The van der Waals surface area contributed by atoms with E-state index >= 15 is 0 Å². The van der Waals surface area contributed by atoms with Gasteiger partial charge in [0.25, 0.3) is 0 Å². The van der Waals surface area contributed by atoms with Crippen LogP contribution in [0.3, 0.4) is 0 Å². The Labute approximate surface area is 108 Å². The highest BCUT2D eigenvalue weighted by Gasteiger charge is 2.48. The molecule has 2 aliphatic carbocycles. The zero-order valence-electron chi connectivity index (χ0n) is 11.2. The fraction of sp³-hybridized carbons (Fsp3) is 0.786. The van der Waals surface area contributed by atoms with E-state index in [0.717, 1.165) is 36.2 Å². The summed E-state index contributed by atoms with van der Waals surface area (Å²) in [4.78, 5) is 0. The Morgan fingerprint density at radius 2 is 2.17 bits per heavy atom. The largest absolute Gasteiger partial charge is 0.493 e. The normalized spacial score (nSPS) is 31.2. The lowest BCUT2D eigenvalue weighted by molar-refractivity contribution is 0.0923. The average Bonchev–Trinajstić information content (AvgIpc) is 2.83. The molecule has 0 aromatic carbocycles. The molecule has 0 radical (unpaired) electrons. The molecule has 1 N–H and O–H groups in total. The van der Waals surface area contributed by atoms with Crippen molar-refractivity contribution in [1.29, 1.82) is 0 Å². The van der Waals surface area contributed by atoms with E-state index < -0.39 is 6.10 Å². The minimum Gasteiger partial charge on any atom is -0.493 e. The van der Waals surface area contributed by atoms with E-state index in [2.05, 4.69) is 12.0 Å². The van der Waals surface area contributed by atoms with Crippen molar-refractivity contribution in [3.05, 3.63) is 11.9 Å². The monoisotopic (exact) mass is 250 g/mol. The molecule has 4 heteroatoms. The van der Waals surface area contributed by atoms with Gasteiger partial charge in [-0.25, -0.2) is 0 Å². The van der Waals surface area contributed by atoms with E-state index in [1.807, 2.05) is 4.68 Å². The Hall–Kier alpha value is -1.03. The molecule has 2 fully saturated rings. The Bertz CT molecular complexity index is 419. The van der Waals surface area contributed by atoms with Crippen LogP contribution in [0, 0.1) is 17.8 Å². The molecule has 0 saturated heterocycles. The Balaban J connectivity index is 1.82. The van der Waals surface area contributed by atoms with Gasteiger partial charge in [0.05, 0.1) is 13.3 Å². The molecular formula is C14H22N2O2. The smallest absolute Gasteiger partial charge is 0.162 e. The summed E-state index contributed by atoms with van der Waals surface area (Å²) in [5.41, 5.74) is 0.880. The molecule has 2 aliphatic rings. The molecule has 0 aliphatic heterocycles. The number of aliphatic hydroxyl groups excluding tert-OH is 1. The van der Waals surface area contributed by atoms with Gasteiger partial charge in [-0.15, -0.1) is 0 Å². The molecule has 0 bridgehead atoms.